The van der Waals surface area contributed by atoms with Gasteiger partial charge in [-0.25, -0.2) is 13.1 Å². The Bertz CT molecular complexity index is 445. The van der Waals surface area contributed by atoms with Gasteiger partial charge in [-0.1, -0.05) is 19.1 Å². The lowest BCUT2D eigenvalue weighted by molar-refractivity contribution is 0.238. The SMILES string of the molecule is CC(CO)CNS(=O)(=O)c1ccccc1N. The first kappa shape index (κ1) is 13.0. The van der Waals surface area contributed by atoms with Crippen LogP contribution in [0.2, 0.25) is 0 Å². The highest BCUT2D eigenvalue weighted by molar-refractivity contribution is 7.89. The molecule has 1 aromatic carbocycles. The summed E-state index contributed by atoms with van der Waals surface area (Å²) in [5.74, 6) is -0.125. The molecule has 0 radical (unpaired) electrons. The van der Waals surface area contributed by atoms with Gasteiger partial charge in [0.05, 0.1) is 5.69 Å². The quantitative estimate of drug-likeness (QED) is 0.644. The topological polar surface area (TPSA) is 92.4 Å². The summed E-state index contributed by atoms with van der Waals surface area (Å²) in [6.45, 7) is 1.87. The van der Waals surface area contributed by atoms with Gasteiger partial charge in [-0.05, 0) is 18.1 Å². The maximum atomic E-state index is 11.8. The summed E-state index contributed by atoms with van der Waals surface area (Å²) in [6, 6.07) is 6.26. The molecule has 0 saturated heterocycles. The van der Waals surface area contributed by atoms with Crippen LogP contribution < -0.4 is 10.5 Å². The van der Waals surface area contributed by atoms with E-state index in [1.165, 1.54) is 12.1 Å². The predicted octanol–water partition coefficient (Wildman–Crippen LogP) is 0.175. The van der Waals surface area contributed by atoms with Crippen LogP contribution in [0.5, 0.6) is 0 Å². The lowest BCUT2D eigenvalue weighted by Gasteiger charge is -2.11. The van der Waals surface area contributed by atoms with Gasteiger partial charge >= 0.3 is 0 Å². The number of nitrogens with two attached hydrogens (primary N) is 1. The second kappa shape index (κ2) is 5.29. The van der Waals surface area contributed by atoms with Crippen molar-refractivity contribution in [2.45, 2.75) is 11.8 Å². The highest BCUT2D eigenvalue weighted by Gasteiger charge is 2.17. The van der Waals surface area contributed by atoms with Gasteiger partial charge in [0.2, 0.25) is 10.0 Å². The zero-order valence-corrected chi connectivity index (χ0v) is 9.87. The number of nitrogens with one attached hydrogen (secondary N) is 1. The summed E-state index contributed by atoms with van der Waals surface area (Å²) in [6.07, 6.45) is 0. The number of aliphatic hydroxyl groups excluding tert-OH is 1. The molecule has 0 aromatic heterocycles. The molecule has 1 aromatic rings. The molecule has 6 heteroatoms. The first-order valence-corrected chi connectivity index (χ1v) is 6.40. The average molecular weight is 244 g/mol. The third-order valence-corrected chi connectivity index (χ3v) is 3.64. The Morgan fingerprint density at radius 2 is 2.06 bits per heavy atom. The van der Waals surface area contributed by atoms with Crippen LogP contribution in [0.4, 0.5) is 5.69 Å². The lowest BCUT2D eigenvalue weighted by atomic mass is 10.2. The highest BCUT2D eigenvalue weighted by atomic mass is 32.2. The lowest BCUT2D eigenvalue weighted by Crippen LogP contribution is -2.30. The summed E-state index contributed by atoms with van der Waals surface area (Å²) >= 11 is 0. The smallest absolute Gasteiger partial charge is 0.242 e. The number of hydrogen-bond acceptors (Lipinski definition) is 4. The Hall–Kier alpha value is -1.11. The minimum absolute atomic E-state index is 0.0627. The van der Waals surface area contributed by atoms with E-state index in [2.05, 4.69) is 4.72 Å². The zero-order valence-electron chi connectivity index (χ0n) is 9.05. The summed E-state index contributed by atoms with van der Waals surface area (Å²) in [5, 5.41) is 8.80. The summed E-state index contributed by atoms with van der Waals surface area (Å²) in [4.78, 5) is 0.0696. The molecular formula is C10H16N2O3S. The Morgan fingerprint density at radius 3 is 2.62 bits per heavy atom. The van der Waals surface area contributed by atoms with E-state index in [-0.39, 0.29) is 29.7 Å². The van der Waals surface area contributed by atoms with E-state index in [9.17, 15) is 8.42 Å². The molecule has 0 bridgehead atoms. The third kappa shape index (κ3) is 3.19. The molecular weight excluding hydrogens is 228 g/mol. The first-order valence-electron chi connectivity index (χ1n) is 4.92. The molecule has 0 aliphatic rings. The van der Waals surface area contributed by atoms with Crippen molar-refractivity contribution in [2.75, 3.05) is 18.9 Å². The molecule has 4 N–H and O–H groups in total. The molecule has 1 atom stereocenters. The van der Waals surface area contributed by atoms with Crippen molar-refractivity contribution in [1.82, 2.24) is 4.72 Å². The number of nitrogen functional groups attached to an aromatic ring is 1. The second-order valence-electron chi connectivity index (χ2n) is 3.68. The minimum atomic E-state index is -3.58. The monoisotopic (exact) mass is 244 g/mol. The van der Waals surface area contributed by atoms with Gasteiger partial charge in [0, 0.05) is 13.2 Å². The molecule has 5 nitrogen and oxygen atoms in total. The normalized spacial score (nSPS) is 13.6. The standard InChI is InChI=1S/C10H16N2O3S/c1-8(7-13)6-12-16(14,15)10-5-3-2-4-9(10)11/h2-5,8,12-13H,6-7,11H2,1H3. The summed E-state index contributed by atoms with van der Waals surface area (Å²) in [7, 11) is -3.58. The van der Waals surface area contributed by atoms with Crippen LogP contribution in [0.15, 0.2) is 29.2 Å². The van der Waals surface area contributed by atoms with Crippen molar-refractivity contribution in [1.29, 1.82) is 0 Å². The van der Waals surface area contributed by atoms with Crippen LogP contribution >= 0.6 is 0 Å². The van der Waals surface area contributed by atoms with Gasteiger partial charge in [-0.15, -0.1) is 0 Å². The predicted molar refractivity (Wildman–Crippen MR) is 62.3 cm³/mol. The van der Waals surface area contributed by atoms with E-state index < -0.39 is 10.0 Å². The van der Waals surface area contributed by atoms with Crippen molar-refractivity contribution >= 4 is 15.7 Å². The van der Waals surface area contributed by atoms with Gasteiger partial charge in [-0.3, -0.25) is 0 Å². The van der Waals surface area contributed by atoms with Gasteiger partial charge in [0.15, 0.2) is 0 Å². The average Bonchev–Trinajstić information content (AvgIpc) is 2.26. The molecule has 0 heterocycles. The Balaban J connectivity index is 2.83. The molecule has 90 valence electrons. The van der Waals surface area contributed by atoms with E-state index in [1.54, 1.807) is 19.1 Å². The molecule has 0 aliphatic heterocycles. The Morgan fingerprint density at radius 1 is 1.44 bits per heavy atom. The van der Waals surface area contributed by atoms with Crippen molar-refractivity contribution < 1.29 is 13.5 Å². The number of para-hydroxylation sites is 1. The van der Waals surface area contributed by atoms with E-state index in [0.717, 1.165) is 0 Å². The maximum absolute atomic E-state index is 11.8. The van der Waals surface area contributed by atoms with Crippen LogP contribution in [0.1, 0.15) is 6.92 Å². The van der Waals surface area contributed by atoms with Crippen molar-refractivity contribution in [2.24, 2.45) is 5.92 Å². The molecule has 0 amide bonds. The highest BCUT2D eigenvalue weighted by Crippen LogP contribution is 2.16. The van der Waals surface area contributed by atoms with Crippen molar-refractivity contribution in [3.8, 4) is 0 Å². The van der Waals surface area contributed by atoms with Crippen LogP contribution in [-0.4, -0.2) is 26.7 Å². The minimum Gasteiger partial charge on any atom is -0.398 e. The molecule has 0 spiro atoms. The van der Waals surface area contributed by atoms with Gasteiger partial charge in [0.25, 0.3) is 0 Å². The fourth-order valence-corrected chi connectivity index (χ4v) is 2.42. The number of hydrogen-bond donors (Lipinski definition) is 3. The summed E-state index contributed by atoms with van der Waals surface area (Å²) < 4.78 is 26.0. The van der Waals surface area contributed by atoms with Crippen molar-refractivity contribution in [3.63, 3.8) is 0 Å². The number of benzene rings is 1. The molecule has 0 saturated carbocycles. The largest absolute Gasteiger partial charge is 0.398 e. The van der Waals surface area contributed by atoms with E-state index in [0.29, 0.717) is 0 Å². The van der Waals surface area contributed by atoms with Crippen LogP contribution in [0.25, 0.3) is 0 Å². The molecule has 0 aliphatic carbocycles. The zero-order chi connectivity index (χ0) is 12.2. The van der Waals surface area contributed by atoms with Crippen LogP contribution in [-0.2, 0) is 10.0 Å². The van der Waals surface area contributed by atoms with Crippen LogP contribution in [0, 0.1) is 5.92 Å². The maximum Gasteiger partial charge on any atom is 0.242 e. The Labute approximate surface area is 95.3 Å². The summed E-state index contributed by atoms with van der Waals surface area (Å²) in [5.41, 5.74) is 5.79. The number of sulfonamides is 1. The van der Waals surface area contributed by atoms with Crippen molar-refractivity contribution in [3.05, 3.63) is 24.3 Å². The van der Waals surface area contributed by atoms with Gasteiger partial charge in [0.1, 0.15) is 4.90 Å². The van der Waals surface area contributed by atoms with Gasteiger partial charge < -0.3 is 10.8 Å². The second-order valence-corrected chi connectivity index (χ2v) is 5.41. The molecule has 1 unspecified atom stereocenters. The Kier molecular flexibility index (Phi) is 4.28. The molecule has 16 heavy (non-hydrogen) atoms. The fraction of sp³-hybridized carbons (Fsp3) is 0.400. The third-order valence-electron chi connectivity index (χ3n) is 2.14. The van der Waals surface area contributed by atoms with Gasteiger partial charge in [-0.2, -0.15) is 0 Å². The molecule has 0 fully saturated rings. The van der Waals surface area contributed by atoms with E-state index in [4.69, 9.17) is 10.8 Å². The number of anilines is 1. The number of aliphatic hydroxyl groups is 1. The number of rotatable bonds is 5. The van der Waals surface area contributed by atoms with E-state index >= 15 is 0 Å². The van der Waals surface area contributed by atoms with E-state index in [1.807, 2.05) is 0 Å². The molecule has 1 rings (SSSR count). The fourth-order valence-electron chi connectivity index (χ4n) is 1.12. The first-order chi connectivity index (χ1) is 7.47. The van der Waals surface area contributed by atoms with Crippen LogP contribution in [0.3, 0.4) is 0 Å².